The summed E-state index contributed by atoms with van der Waals surface area (Å²) in [6.45, 7) is 1.95. The summed E-state index contributed by atoms with van der Waals surface area (Å²) in [6.07, 6.45) is 1.86. The molecule has 0 aromatic carbocycles. The molecule has 0 radical (unpaired) electrons. The summed E-state index contributed by atoms with van der Waals surface area (Å²) in [5.74, 6) is 0.289. The van der Waals surface area contributed by atoms with E-state index in [1.54, 1.807) is 12.1 Å². The molecule has 0 bridgehead atoms. The number of aryl methyl sites for hydroxylation is 1. The monoisotopic (exact) mass is 229 g/mol. The third kappa shape index (κ3) is 2.59. The molecule has 0 fully saturated rings. The van der Waals surface area contributed by atoms with E-state index in [4.69, 9.17) is 5.73 Å². The predicted octanol–water partition coefficient (Wildman–Crippen LogP) is 0.622. The first-order valence-electron chi connectivity index (χ1n) is 4.55. The van der Waals surface area contributed by atoms with Crippen molar-refractivity contribution in [1.29, 1.82) is 0 Å². The second-order valence-corrected chi connectivity index (χ2v) is 5.31. The number of hydrogen-bond donors (Lipinski definition) is 1. The van der Waals surface area contributed by atoms with Gasteiger partial charge in [0.05, 0.1) is 11.9 Å². The van der Waals surface area contributed by atoms with Crippen molar-refractivity contribution in [2.45, 2.75) is 13.3 Å². The predicted molar refractivity (Wildman–Crippen MR) is 61.3 cm³/mol. The van der Waals surface area contributed by atoms with Crippen LogP contribution in [0.1, 0.15) is 12.6 Å². The van der Waals surface area contributed by atoms with Crippen LogP contribution in [0, 0.1) is 0 Å². The Morgan fingerprint density at radius 3 is 2.53 bits per heavy atom. The average Bonchev–Trinajstić information content (AvgIpc) is 2.16. The molecule has 0 amide bonds. The molecular weight excluding hydrogens is 214 g/mol. The van der Waals surface area contributed by atoms with Gasteiger partial charge in [-0.05, 0) is 18.6 Å². The maximum absolute atomic E-state index is 11.3. The summed E-state index contributed by atoms with van der Waals surface area (Å²) >= 11 is 0. The maximum Gasteiger partial charge on any atom is 0.233 e. The fourth-order valence-electron chi connectivity index (χ4n) is 1.10. The van der Waals surface area contributed by atoms with E-state index < -0.39 is 10.0 Å². The molecule has 0 saturated carbocycles. The van der Waals surface area contributed by atoms with Gasteiger partial charge in [-0.15, -0.1) is 0 Å². The molecule has 0 unspecified atom stereocenters. The first-order chi connectivity index (χ1) is 6.86. The Kier molecular flexibility index (Phi) is 3.18. The zero-order valence-corrected chi connectivity index (χ0v) is 9.87. The van der Waals surface area contributed by atoms with Crippen molar-refractivity contribution in [2.75, 3.05) is 23.3 Å². The Labute approximate surface area is 90.0 Å². The molecule has 0 aliphatic carbocycles. The first-order valence-corrected chi connectivity index (χ1v) is 6.40. The third-order valence-electron chi connectivity index (χ3n) is 2.12. The number of pyridine rings is 1. The van der Waals surface area contributed by atoms with Gasteiger partial charge in [0, 0.05) is 12.7 Å². The van der Waals surface area contributed by atoms with Crippen LogP contribution in [0.3, 0.4) is 0 Å². The van der Waals surface area contributed by atoms with E-state index in [-0.39, 0.29) is 5.82 Å². The standard InChI is InChI=1S/C9H15N3O2S/c1-4-7-5-6-8(10)9(11-7)12(2)15(3,13)14/h5-6H,4,10H2,1-3H3. The maximum atomic E-state index is 11.3. The highest BCUT2D eigenvalue weighted by molar-refractivity contribution is 7.92. The molecule has 0 aliphatic heterocycles. The Morgan fingerprint density at radius 2 is 2.07 bits per heavy atom. The number of aromatic nitrogens is 1. The molecule has 6 heteroatoms. The van der Waals surface area contributed by atoms with Gasteiger partial charge in [0.25, 0.3) is 0 Å². The van der Waals surface area contributed by atoms with Crippen molar-refractivity contribution in [1.82, 2.24) is 4.98 Å². The minimum absolute atomic E-state index is 0.289. The van der Waals surface area contributed by atoms with Crippen molar-refractivity contribution in [3.63, 3.8) is 0 Å². The summed E-state index contributed by atoms with van der Waals surface area (Å²) in [6, 6.07) is 3.46. The van der Waals surface area contributed by atoms with E-state index in [1.165, 1.54) is 7.05 Å². The highest BCUT2D eigenvalue weighted by atomic mass is 32.2. The second-order valence-electron chi connectivity index (χ2n) is 3.30. The van der Waals surface area contributed by atoms with Gasteiger partial charge in [0.1, 0.15) is 0 Å². The van der Waals surface area contributed by atoms with Crippen LogP contribution in [0.15, 0.2) is 12.1 Å². The SMILES string of the molecule is CCc1ccc(N)c(N(C)S(C)(=O)=O)n1. The van der Waals surface area contributed by atoms with Crippen LogP contribution in [-0.4, -0.2) is 26.7 Å². The molecule has 1 aromatic rings. The van der Waals surface area contributed by atoms with E-state index in [9.17, 15) is 8.42 Å². The number of hydrogen-bond acceptors (Lipinski definition) is 4. The Bertz CT molecular complexity index is 456. The molecule has 0 spiro atoms. The van der Waals surface area contributed by atoms with Crippen LogP contribution >= 0.6 is 0 Å². The van der Waals surface area contributed by atoms with Crippen molar-refractivity contribution in [3.05, 3.63) is 17.8 Å². The van der Waals surface area contributed by atoms with Gasteiger partial charge in [-0.1, -0.05) is 6.92 Å². The Hall–Kier alpha value is -1.30. The fourth-order valence-corrected chi connectivity index (χ4v) is 1.56. The van der Waals surface area contributed by atoms with Gasteiger partial charge in [-0.25, -0.2) is 13.4 Å². The third-order valence-corrected chi connectivity index (χ3v) is 3.29. The molecule has 1 aromatic heterocycles. The van der Waals surface area contributed by atoms with Gasteiger partial charge >= 0.3 is 0 Å². The van der Waals surface area contributed by atoms with Crippen LogP contribution in [0.4, 0.5) is 11.5 Å². The molecule has 5 nitrogen and oxygen atoms in total. The fraction of sp³-hybridized carbons (Fsp3) is 0.444. The van der Waals surface area contributed by atoms with Gasteiger partial charge < -0.3 is 5.73 Å². The van der Waals surface area contributed by atoms with Gasteiger partial charge in [0.15, 0.2) is 5.82 Å². The van der Waals surface area contributed by atoms with Crippen molar-refractivity contribution in [3.8, 4) is 0 Å². The minimum Gasteiger partial charge on any atom is -0.396 e. The highest BCUT2D eigenvalue weighted by Crippen LogP contribution is 2.21. The van der Waals surface area contributed by atoms with Crippen LogP contribution < -0.4 is 10.0 Å². The lowest BCUT2D eigenvalue weighted by molar-refractivity contribution is 0.600. The number of sulfonamides is 1. The molecule has 84 valence electrons. The zero-order valence-electron chi connectivity index (χ0n) is 9.06. The van der Waals surface area contributed by atoms with Gasteiger partial charge in [-0.2, -0.15) is 0 Å². The molecule has 1 heterocycles. The highest BCUT2D eigenvalue weighted by Gasteiger charge is 2.16. The molecule has 2 N–H and O–H groups in total. The molecule has 0 aliphatic rings. The van der Waals surface area contributed by atoms with Gasteiger partial charge in [-0.3, -0.25) is 4.31 Å². The minimum atomic E-state index is -3.31. The lowest BCUT2D eigenvalue weighted by atomic mass is 10.3. The summed E-state index contributed by atoms with van der Waals surface area (Å²) in [4.78, 5) is 4.18. The van der Waals surface area contributed by atoms with Crippen molar-refractivity contribution >= 4 is 21.5 Å². The van der Waals surface area contributed by atoms with Crippen LogP contribution in [0.2, 0.25) is 0 Å². The number of anilines is 2. The summed E-state index contributed by atoms with van der Waals surface area (Å²) in [5.41, 5.74) is 6.85. The van der Waals surface area contributed by atoms with E-state index in [2.05, 4.69) is 4.98 Å². The normalized spacial score (nSPS) is 11.4. The first kappa shape index (κ1) is 11.8. The second kappa shape index (κ2) is 4.06. The number of nitrogens with zero attached hydrogens (tertiary/aromatic N) is 2. The van der Waals surface area contributed by atoms with Gasteiger partial charge in [0.2, 0.25) is 10.0 Å². The number of rotatable bonds is 3. The molecule has 1 rings (SSSR count). The lowest BCUT2D eigenvalue weighted by Gasteiger charge is -2.17. The summed E-state index contributed by atoms with van der Waals surface area (Å²) in [7, 11) is -1.87. The van der Waals surface area contributed by atoms with E-state index in [0.29, 0.717) is 5.69 Å². The van der Waals surface area contributed by atoms with Crippen LogP contribution in [-0.2, 0) is 16.4 Å². The van der Waals surface area contributed by atoms with E-state index in [0.717, 1.165) is 22.7 Å². The van der Waals surface area contributed by atoms with E-state index in [1.807, 2.05) is 6.92 Å². The smallest absolute Gasteiger partial charge is 0.233 e. The van der Waals surface area contributed by atoms with Crippen molar-refractivity contribution in [2.24, 2.45) is 0 Å². The summed E-state index contributed by atoms with van der Waals surface area (Å²) in [5, 5.41) is 0. The Morgan fingerprint density at radius 1 is 1.47 bits per heavy atom. The zero-order chi connectivity index (χ0) is 11.6. The Balaban J connectivity index is 3.24. The number of nitrogen functional groups attached to an aromatic ring is 1. The van der Waals surface area contributed by atoms with Crippen molar-refractivity contribution < 1.29 is 8.42 Å². The van der Waals surface area contributed by atoms with Crippen LogP contribution in [0.5, 0.6) is 0 Å². The quantitative estimate of drug-likeness (QED) is 0.824. The molecule has 15 heavy (non-hydrogen) atoms. The largest absolute Gasteiger partial charge is 0.396 e. The topological polar surface area (TPSA) is 76.3 Å². The molecular formula is C9H15N3O2S. The molecule has 0 saturated heterocycles. The lowest BCUT2D eigenvalue weighted by Crippen LogP contribution is -2.27. The van der Waals surface area contributed by atoms with Crippen LogP contribution in [0.25, 0.3) is 0 Å². The summed E-state index contributed by atoms with van der Waals surface area (Å²) < 4.78 is 23.7. The average molecular weight is 229 g/mol. The molecule has 0 atom stereocenters. The number of nitrogens with two attached hydrogens (primary N) is 1. The van der Waals surface area contributed by atoms with E-state index >= 15 is 0 Å².